The van der Waals surface area contributed by atoms with Gasteiger partial charge in [0.1, 0.15) is 30.5 Å². The molecule has 0 amide bonds. The van der Waals surface area contributed by atoms with Crippen LogP contribution in [0.4, 0.5) is 0 Å². The Balaban J connectivity index is 2.16. The van der Waals surface area contributed by atoms with E-state index in [-0.39, 0.29) is 19.2 Å². The summed E-state index contributed by atoms with van der Waals surface area (Å²) < 4.78 is 22.9. The lowest BCUT2D eigenvalue weighted by atomic mass is 9.99. The highest BCUT2D eigenvalue weighted by Gasteiger charge is 2.44. The Labute approximate surface area is 387 Å². The zero-order valence-corrected chi connectivity index (χ0v) is 40.8. The summed E-state index contributed by atoms with van der Waals surface area (Å²) in [6.45, 7) is 4.46. The number of carbonyl (C=O) groups is 1. The van der Waals surface area contributed by atoms with E-state index in [0.29, 0.717) is 13.0 Å². The molecule has 9 heteroatoms. The molecule has 63 heavy (non-hydrogen) atoms. The van der Waals surface area contributed by atoms with Crippen LogP contribution in [-0.4, -0.2) is 89.6 Å². The molecule has 0 radical (unpaired) electrons. The van der Waals surface area contributed by atoms with Crippen molar-refractivity contribution in [2.45, 2.75) is 275 Å². The highest BCUT2D eigenvalue weighted by Crippen LogP contribution is 2.23. The summed E-state index contributed by atoms with van der Waals surface area (Å²) in [5.74, 6) is -0.314. The van der Waals surface area contributed by atoms with E-state index in [9.17, 15) is 25.2 Å². The third-order valence-electron chi connectivity index (χ3n) is 12.3. The van der Waals surface area contributed by atoms with Crippen molar-refractivity contribution < 1.29 is 44.2 Å². The molecule has 4 N–H and O–H groups in total. The van der Waals surface area contributed by atoms with Gasteiger partial charge < -0.3 is 39.4 Å². The van der Waals surface area contributed by atoms with Gasteiger partial charge in [-0.25, -0.2) is 0 Å². The van der Waals surface area contributed by atoms with E-state index in [4.69, 9.17) is 18.9 Å². The molecule has 0 aromatic rings. The molecular formula is C54H100O9. The maximum Gasteiger partial charge on any atom is 0.306 e. The van der Waals surface area contributed by atoms with Crippen LogP contribution in [-0.2, 0) is 23.7 Å². The summed E-state index contributed by atoms with van der Waals surface area (Å²) in [6, 6.07) is 0. The Morgan fingerprint density at radius 1 is 0.524 bits per heavy atom. The number of hydrogen-bond donors (Lipinski definition) is 4. The van der Waals surface area contributed by atoms with Gasteiger partial charge in [0.25, 0.3) is 0 Å². The first kappa shape index (κ1) is 59.4. The van der Waals surface area contributed by atoms with Gasteiger partial charge in [0.2, 0.25) is 0 Å². The minimum atomic E-state index is -1.54. The average molecular weight is 893 g/mol. The second kappa shape index (κ2) is 45.6. The number of aliphatic hydroxyl groups excluding tert-OH is 4. The second-order valence-electron chi connectivity index (χ2n) is 18.3. The zero-order valence-electron chi connectivity index (χ0n) is 40.8. The number of hydrogen-bond acceptors (Lipinski definition) is 9. The van der Waals surface area contributed by atoms with E-state index in [0.717, 1.165) is 64.2 Å². The van der Waals surface area contributed by atoms with Crippen LogP contribution in [0.15, 0.2) is 36.5 Å². The summed E-state index contributed by atoms with van der Waals surface area (Å²) in [5, 5.41) is 40.2. The van der Waals surface area contributed by atoms with E-state index in [1.807, 2.05) is 0 Å². The first-order valence-corrected chi connectivity index (χ1v) is 26.6. The van der Waals surface area contributed by atoms with E-state index >= 15 is 0 Å². The molecule has 0 saturated carbocycles. The van der Waals surface area contributed by atoms with Crippen molar-refractivity contribution in [3.8, 4) is 0 Å². The van der Waals surface area contributed by atoms with Crippen molar-refractivity contribution in [3.63, 3.8) is 0 Å². The summed E-state index contributed by atoms with van der Waals surface area (Å²) in [7, 11) is 0. The summed E-state index contributed by atoms with van der Waals surface area (Å²) in [4.78, 5) is 12.8. The van der Waals surface area contributed by atoms with Crippen molar-refractivity contribution in [2.24, 2.45) is 0 Å². The van der Waals surface area contributed by atoms with E-state index in [2.05, 4.69) is 50.3 Å². The third-order valence-corrected chi connectivity index (χ3v) is 12.3. The fourth-order valence-corrected chi connectivity index (χ4v) is 8.21. The van der Waals surface area contributed by atoms with Crippen molar-refractivity contribution >= 4 is 5.97 Å². The monoisotopic (exact) mass is 893 g/mol. The highest BCUT2D eigenvalue weighted by atomic mass is 16.7. The zero-order chi connectivity index (χ0) is 45.7. The Kier molecular flexibility index (Phi) is 43.0. The van der Waals surface area contributed by atoms with Crippen molar-refractivity contribution in [2.75, 3.05) is 26.4 Å². The maximum absolute atomic E-state index is 12.8. The molecule has 0 spiro atoms. The van der Waals surface area contributed by atoms with Gasteiger partial charge in [-0.3, -0.25) is 4.79 Å². The molecule has 1 rings (SSSR count). The van der Waals surface area contributed by atoms with Crippen LogP contribution in [0.2, 0.25) is 0 Å². The number of carbonyl (C=O) groups excluding carboxylic acids is 1. The van der Waals surface area contributed by atoms with Crippen molar-refractivity contribution in [1.82, 2.24) is 0 Å². The fourth-order valence-electron chi connectivity index (χ4n) is 8.21. The van der Waals surface area contributed by atoms with Crippen LogP contribution >= 0.6 is 0 Å². The largest absolute Gasteiger partial charge is 0.457 e. The Hall–Kier alpha value is -1.59. The molecular weight excluding hydrogens is 793 g/mol. The average Bonchev–Trinajstić information content (AvgIpc) is 3.28. The summed E-state index contributed by atoms with van der Waals surface area (Å²) in [6.07, 6.45) is 49.0. The molecule has 6 atom stereocenters. The highest BCUT2D eigenvalue weighted by molar-refractivity contribution is 5.69. The number of aliphatic hydroxyl groups is 4. The third kappa shape index (κ3) is 36.2. The molecule has 1 aliphatic rings. The Bertz CT molecular complexity index is 1060. The lowest BCUT2D eigenvalue weighted by Crippen LogP contribution is -2.59. The SMILES string of the molecule is CC/C=C\C/C=C\C/C=C\CCCCCCCCOCC(COC1OC(CO)C(O)C(O)C1O)OC(=O)CCCCCCCCCCCCCCCCCCCCCCCCCC. The Morgan fingerprint density at radius 3 is 1.46 bits per heavy atom. The van der Waals surface area contributed by atoms with Gasteiger partial charge in [-0.1, -0.05) is 224 Å². The van der Waals surface area contributed by atoms with Crippen LogP contribution in [0.3, 0.4) is 0 Å². The molecule has 1 fully saturated rings. The number of esters is 1. The molecule has 9 nitrogen and oxygen atoms in total. The lowest BCUT2D eigenvalue weighted by Gasteiger charge is -2.39. The van der Waals surface area contributed by atoms with Gasteiger partial charge in [-0.15, -0.1) is 0 Å². The summed E-state index contributed by atoms with van der Waals surface area (Å²) in [5.41, 5.74) is 0. The van der Waals surface area contributed by atoms with Gasteiger partial charge in [0.05, 0.1) is 19.8 Å². The Morgan fingerprint density at radius 2 is 0.968 bits per heavy atom. The fraction of sp³-hybridized carbons (Fsp3) is 0.870. The first-order valence-electron chi connectivity index (χ1n) is 26.6. The lowest BCUT2D eigenvalue weighted by molar-refractivity contribution is -0.305. The van der Waals surface area contributed by atoms with Gasteiger partial charge >= 0.3 is 5.97 Å². The van der Waals surface area contributed by atoms with Crippen molar-refractivity contribution in [3.05, 3.63) is 36.5 Å². The van der Waals surface area contributed by atoms with Crippen LogP contribution < -0.4 is 0 Å². The van der Waals surface area contributed by atoms with E-state index < -0.39 is 43.4 Å². The molecule has 1 aliphatic heterocycles. The molecule has 0 aliphatic carbocycles. The predicted octanol–water partition coefficient (Wildman–Crippen LogP) is 13.1. The normalized spacial score (nSPS) is 19.9. The molecule has 6 unspecified atom stereocenters. The van der Waals surface area contributed by atoms with Crippen LogP contribution in [0, 0.1) is 0 Å². The standard InChI is InChI=1S/C54H100O9/c1-3-5-7-9-11-13-15-17-19-21-22-23-24-25-26-27-28-29-31-33-35-37-39-41-43-50(56)62-48(47-61-54-53(59)52(58)51(57)49(45-55)63-54)46-60-44-42-40-38-36-34-32-30-20-18-16-14-12-10-8-6-4-2/h6,8,12,14,18,20,48-49,51-55,57-59H,3-5,7,9-11,13,15-17,19,21-47H2,1-2H3/b8-6-,14-12-,20-18-. The predicted molar refractivity (Wildman–Crippen MR) is 261 cm³/mol. The molecule has 0 aromatic carbocycles. The molecule has 370 valence electrons. The van der Waals surface area contributed by atoms with Gasteiger partial charge in [-0.05, 0) is 44.9 Å². The minimum Gasteiger partial charge on any atom is -0.457 e. The minimum absolute atomic E-state index is 0.116. The van der Waals surface area contributed by atoms with Crippen molar-refractivity contribution in [1.29, 1.82) is 0 Å². The molecule has 1 saturated heterocycles. The van der Waals surface area contributed by atoms with E-state index in [1.165, 1.54) is 154 Å². The van der Waals surface area contributed by atoms with Gasteiger partial charge in [0, 0.05) is 13.0 Å². The van der Waals surface area contributed by atoms with Crippen LogP contribution in [0.5, 0.6) is 0 Å². The van der Waals surface area contributed by atoms with Crippen LogP contribution in [0.25, 0.3) is 0 Å². The smallest absolute Gasteiger partial charge is 0.306 e. The molecule has 0 aromatic heterocycles. The number of ether oxygens (including phenoxy) is 4. The quantitative estimate of drug-likeness (QED) is 0.0268. The first-order chi connectivity index (χ1) is 30.9. The molecule has 1 heterocycles. The van der Waals surface area contributed by atoms with Gasteiger partial charge in [-0.2, -0.15) is 0 Å². The second-order valence-corrected chi connectivity index (χ2v) is 18.3. The van der Waals surface area contributed by atoms with E-state index in [1.54, 1.807) is 0 Å². The topological polar surface area (TPSA) is 135 Å². The number of unbranched alkanes of at least 4 members (excludes halogenated alkanes) is 29. The summed E-state index contributed by atoms with van der Waals surface area (Å²) >= 11 is 0. The number of allylic oxidation sites excluding steroid dienone is 6. The van der Waals surface area contributed by atoms with Gasteiger partial charge in [0.15, 0.2) is 6.29 Å². The maximum atomic E-state index is 12.8. The molecule has 0 bridgehead atoms. The van der Waals surface area contributed by atoms with Crippen LogP contribution in [0.1, 0.15) is 239 Å². The number of rotatable bonds is 46.